The number of halogens is 2. The van der Waals surface area contributed by atoms with Crippen LogP contribution in [0.3, 0.4) is 0 Å². The Kier molecular flexibility index (Phi) is 4.50. The molecule has 0 spiro atoms. The van der Waals surface area contributed by atoms with Gasteiger partial charge in [0, 0.05) is 52.2 Å². The summed E-state index contributed by atoms with van der Waals surface area (Å²) in [5, 5.41) is 24.1. The molecule has 5 rings (SSSR count). The van der Waals surface area contributed by atoms with Crippen molar-refractivity contribution >= 4 is 16.6 Å². The summed E-state index contributed by atoms with van der Waals surface area (Å²) in [6.45, 7) is 1.50. The molecule has 29 heavy (non-hydrogen) atoms. The first-order valence-corrected chi connectivity index (χ1v) is 9.68. The molecule has 3 atom stereocenters. The van der Waals surface area contributed by atoms with Crippen LogP contribution in [0.5, 0.6) is 5.75 Å². The number of rotatable bonds is 4. The molecule has 1 aliphatic carbocycles. The van der Waals surface area contributed by atoms with E-state index in [2.05, 4.69) is 20.5 Å². The summed E-state index contributed by atoms with van der Waals surface area (Å²) in [6.07, 6.45) is 2.97. The van der Waals surface area contributed by atoms with E-state index in [1.165, 1.54) is 12.1 Å². The molecule has 2 bridgehead atoms. The number of phenolic OH excluding ortho intramolecular Hbond substituents is 1. The third kappa shape index (κ3) is 3.17. The van der Waals surface area contributed by atoms with Gasteiger partial charge in [-0.1, -0.05) is 6.07 Å². The second kappa shape index (κ2) is 7.18. The number of alkyl halides is 2. The minimum atomic E-state index is -2.65. The number of phenols is 1. The van der Waals surface area contributed by atoms with Gasteiger partial charge in [-0.15, -0.1) is 10.2 Å². The molecule has 0 radical (unpaired) electrons. The zero-order chi connectivity index (χ0) is 20.0. The zero-order valence-electron chi connectivity index (χ0n) is 15.6. The Hall–Kier alpha value is -2.87. The molecule has 1 saturated carbocycles. The van der Waals surface area contributed by atoms with E-state index in [1.54, 1.807) is 18.5 Å². The number of fused-ring (bicyclic) bond motifs is 3. The van der Waals surface area contributed by atoms with Crippen molar-refractivity contribution in [1.29, 1.82) is 0 Å². The van der Waals surface area contributed by atoms with Gasteiger partial charge in [-0.3, -0.25) is 4.98 Å². The van der Waals surface area contributed by atoms with Crippen molar-refractivity contribution in [3.05, 3.63) is 42.2 Å². The molecule has 150 valence electrons. The molecular weight excluding hydrogens is 378 g/mol. The number of nitrogens with one attached hydrogen (secondary N) is 1. The van der Waals surface area contributed by atoms with E-state index in [0.717, 1.165) is 42.9 Å². The first-order valence-electron chi connectivity index (χ1n) is 9.68. The zero-order valence-corrected chi connectivity index (χ0v) is 15.6. The van der Waals surface area contributed by atoms with E-state index in [9.17, 15) is 13.9 Å². The summed E-state index contributed by atoms with van der Waals surface area (Å²) in [7, 11) is 0. The number of hydrogen-bond donors (Lipinski definition) is 2. The maximum absolute atomic E-state index is 12.9. The molecule has 2 fully saturated rings. The van der Waals surface area contributed by atoms with Crippen LogP contribution in [0.2, 0.25) is 0 Å². The predicted molar refractivity (Wildman–Crippen MR) is 104 cm³/mol. The van der Waals surface area contributed by atoms with Gasteiger partial charge >= 0.3 is 0 Å². The van der Waals surface area contributed by atoms with Gasteiger partial charge < -0.3 is 15.2 Å². The first kappa shape index (κ1) is 18.2. The lowest BCUT2D eigenvalue weighted by molar-refractivity contribution is 0.0392. The van der Waals surface area contributed by atoms with Crippen molar-refractivity contribution in [3.63, 3.8) is 0 Å². The Labute approximate surface area is 165 Å². The van der Waals surface area contributed by atoms with Crippen LogP contribution in [0.25, 0.3) is 22.0 Å². The number of ether oxygens (including phenoxy) is 1. The van der Waals surface area contributed by atoms with Crippen LogP contribution in [0.15, 0.2) is 36.7 Å². The van der Waals surface area contributed by atoms with Crippen molar-refractivity contribution in [2.24, 2.45) is 11.8 Å². The van der Waals surface area contributed by atoms with Gasteiger partial charge in [-0.05, 0) is 31.0 Å². The third-order valence-corrected chi connectivity index (χ3v) is 6.00. The number of anilines is 1. The van der Waals surface area contributed by atoms with Gasteiger partial charge in [0.2, 0.25) is 0 Å². The number of nitrogens with zero attached hydrogens (tertiary/aromatic N) is 3. The largest absolute Gasteiger partial charge is 0.507 e. The number of hydrogen-bond acceptors (Lipinski definition) is 6. The monoisotopic (exact) mass is 398 g/mol. The summed E-state index contributed by atoms with van der Waals surface area (Å²) in [5.41, 5.74) is 0.551. The highest BCUT2D eigenvalue weighted by atomic mass is 19.3. The molecule has 3 aromatic rings. The van der Waals surface area contributed by atoms with E-state index in [4.69, 9.17) is 4.74 Å². The molecule has 1 aromatic carbocycles. The Morgan fingerprint density at radius 1 is 1.07 bits per heavy atom. The highest BCUT2D eigenvalue weighted by molar-refractivity contribution is 6.00. The highest BCUT2D eigenvalue weighted by Crippen LogP contribution is 2.40. The topological polar surface area (TPSA) is 80.2 Å². The molecule has 1 saturated heterocycles. The Bertz CT molecular complexity index is 1050. The molecule has 2 aromatic heterocycles. The average Bonchev–Trinajstić information content (AvgIpc) is 2.94. The van der Waals surface area contributed by atoms with Gasteiger partial charge in [0.05, 0.1) is 13.2 Å². The van der Waals surface area contributed by atoms with Crippen molar-refractivity contribution in [2.75, 3.05) is 18.5 Å². The SMILES string of the molecule is Oc1cc(C(F)F)ccc1-c1nnc(NC2[C@@H]3CC[C@H]2COC3)c2cnccc12. The van der Waals surface area contributed by atoms with E-state index in [1.807, 2.05) is 0 Å². The van der Waals surface area contributed by atoms with E-state index >= 15 is 0 Å². The maximum Gasteiger partial charge on any atom is 0.263 e. The number of benzene rings is 1. The lowest BCUT2D eigenvalue weighted by Gasteiger charge is -2.31. The average molecular weight is 398 g/mol. The molecule has 2 aliphatic rings. The number of aromatic hydroxyl groups is 1. The summed E-state index contributed by atoms with van der Waals surface area (Å²) >= 11 is 0. The van der Waals surface area contributed by atoms with Crippen LogP contribution in [0.1, 0.15) is 24.8 Å². The predicted octanol–water partition coefficient (Wildman–Crippen LogP) is 4.17. The standard InChI is InChI=1S/C21H20F2N4O2/c22-20(23)11-3-4-15(17(28)7-11)19-14-5-6-24-8-16(14)21(27-26-19)25-18-12-1-2-13(18)10-29-9-12/h3-8,12-13,18,20,28H,1-2,9-10H2,(H,25,27)/t12-,13+,18?. The van der Waals surface area contributed by atoms with Gasteiger partial charge in [-0.2, -0.15) is 0 Å². The normalized spacial score (nSPS) is 23.6. The van der Waals surface area contributed by atoms with Gasteiger partial charge in [-0.25, -0.2) is 8.78 Å². The van der Waals surface area contributed by atoms with Gasteiger partial charge in [0.15, 0.2) is 5.82 Å². The van der Waals surface area contributed by atoms with Crippen molar-refractivity contribution < 1.29 is 18.6 Å². The molecule has 0 amide bonds. The quantitative estimate of drug-likeness (QED) is 0.687. The summed E-state index contributed by atoms with van der Waals surface area (Å²) in [5.74, 6) is 1.29. The number of aromatic nitrogens is 3. The van der Waals surface area contributed by atoms with Crippen molar-refractivity contribution in [2.45, 2.75) is 25.3 Å². The second-order valence-corrected chi connectivity index (χ2v) is 7.70. The molecule has 1 aliphatic heterocycles. The molecule has 1 unspecified atom stereocenters. The van der Waals surface area contributed by atoms with E-state index in [0.29, 0.717) is 28.9 Å². The van der Waals surface area contributed by atoms with Crippen LogP contribution in [-0.4, -0.2) is 39.5 Å². The maximum atomic E-state index is 12.9. The Morgan fingerprint density at radius 2 is 1.86 bits per heavy atom. The highest BCUT2D eigenvalue weighted by Gasteiger charge is 2.40. The summed E-state index contributed by atoms with van der Waals surface area (Å²) in [4.78, 5) is 4.22. The van der Waals surface area contributed by atoms with Gasteiger partial charge in [0.25, 0.3) is 6.43 Å². The van der Waals surface area contributed by atoms with Crippen LogP contribution >= 0.6 is 0 Å². The van der Waals surface area contributed by atoms with Crippen LogP contribution in [0, 0.1) is 11.8 Å². The minimum absolute atomic E-state index is 0.238. The van der Waals surface area contributed by atoms with Crippen LogP contribution < -0.4 is 5.32 Å². The molecule has 2 N–H and O–H groups in total. The van der Waals surface area contributed by atoms with Crippen molar-refractivity contribution in [3.8, 4) is 17.0 Å². The molecular formula is C21H20F2N4O2. The lowest BCUT2D eigenvalue weighted by atomic mass is 9.96. The Morgan fingerprint density at radius 3 is 2.59 bits per heavy atom. The third-order valence-electron chi connectivity index (χ3n) is 6.00. The van der Waals surface area contributed by atoms with E-state index < -0.39 is 6.43 Å². The van der Waals surface area contributed by atoms with Crippen molar-refractivity contribution in [1.82, 2.24) is 15.2 Å². The number of pyridine rings is 1. The fourth-order valence-corrected chi connectivity index (χ4v) is 4.50. The lowest BCUT2D eigenvalue weighted by Crippen LogP contribution is -2.39. The smallest absolute Gasteiger partial charge is 0.263 e. The van der Waals surface area contributed by atoms with E-state index in [-0.39, 0.29) is 17.4 Å². The summed E-state index contributed by atoms with van der Waals surface area (Å²) in [6, 6.07) is 5.89. The van der Waals surface area contributed by atoms with Crippen LogP contribution in [0.4, 0.5) is 14.6 Å². The molecule has 6 nitrogen and oxygen atoms in total. The minimum Gasteiger partial charge on any atom is -0.507 e. The fourth-order valence-electron chi connectivity index (χ4n) is 4.50. The second-order valence-electron chi connectivity index (χ2n) is 7.70. The molecule has 3 heterocycles. The molecule has 8 heteroatoms. The first-order chi connectivity index (χ1) is 14.1. The summed E-state index contributed by atoms with van der Waals surface area (Å²) < 4.78 is 31.5. The Balaban J connectivity index is 1.55. The van der Waals surface area contributed by atoms with Gasteiger partial charge in [0.1, 0.15) is 11.4 Å². The fraction of sp³-hybridized carbons (Fsp3) is 0.381. The van der Waals surface area contributed by atoms with Crippen LogP contribution in [-0.2, 0) is 4.74 Å².